The Balaban J connectivity index is 2.36. The van der Waals surface area contributed by atoms with Gasteiger partial charge in [0.1, 0.15) is 5.75 Å². The van der Waals surface area contributed by atoms with Gasteiger partial charge >= 0.3 is 6.36 Å². The maximum Gasteiger partial charge on any atom is 0.573 e. The van der Waals surface area contributed by atoms with Gasteiger partial charge in [0.05, 0.1) is 4.90 Å². The third kappa shape index (κ3) is 5.02. The smallest absolute Gasteiger partial charge is 0.406 e. The van der Waals surface area contributed by atoms with Gasteiger partial charge in [-0.05, 0) is 49.2 Å². The second-order valence-electron chi connectivity index (χ2n) is 6.23. The van der Waals surface area contributed by atoms with Gasteiger partial charge in [0.2, 0.25) is 10.0 Å². The second-order valence-corrected chi connectivity index (χ2v) is 8.35. The van der Waals surface area contributed by atoms with Crippen molar-refractivity contribution in [3.05, 3.63) is 53.1 Å². The van der Waals surface area contributed by atoms with Gasteiger partial charge in [0, 0.05) is 31.4 Å². The number of sulfonamides is 1. The fourth-order valence-electron chi connectivity index (χ4n) is 2.40. The third-order valence-corrected chi connectivity index (χ3v) is 5.91. The van der Waals surface area contributed by atoms with Gasteiger partial charge in [-0.2, -0.15) is 0 Å². The highest BCUT2D eigenvalue weighted by Gasteiger charge is 2.31. The number of rotatable bonds is 5. The lowest BCUT2D eigenvalue weighted by Crippen LogP contribution is -2.24. The molecular weight excluding hydrogens is 397 g/mol. The van der Waals surface area contributed by atoms with Crippen molar-refractivity contribution >= 4 is 21.6 Å². The number of alkyl halides is 3. The van der Waals surface area contributed by atoms with Crippen LogP contribution in [0.15, 0.2) is 41.3 Å². The molecule has 0 aliphatic rings. The average Bonchev–Trinajstić information content (AvgIpc) is 2.55. The summed E-state index contributed by atoms with van der Waals surface area (Å²) < 4.78 is 66.8. The summed E-state index contributed by atoms with van der Waals surface area (Å²) in [7, 11) is -1.02. The van der Waals surface area contributed by atoms with Gasteiger partial charge < -0.3 is 10.1 Å². The Morgan fingerprint density at radius 3 is 2.32 bits per heavy atom. The summed E-state index contributed by atoms with van der Waals surface area (Å²) in [6.07, 6.45) is -4.86. The first-order chi connectivity index (χ1) is 12.8. The largest absolute Gasteiger partial charge is 0.573 e. The number of nitrogens with one attached hydrogen (secondary N) is 1. The monoisotopic (exact) mass is 416 g/mol. The summed E-state index contributed by atoms with van der Waals surface area (Å²) in [5, 5.41) is 2.44. The van der Waals surface area contributed by atoms with E-state index in [0.717, 1.165) is 16.4 Å². The lowest BCUT2D eigenvalue weighted by Gasteiger charge is -2.16. The van der Waals surface area contributed by atoms with Crippen molar-refractivity contribution in [3.63, 3.8) is 0 Å². The molecule has 1 amide bonds. The van der Waals surface area contributed by atoms with Crippen LogP contribution in [-0.4, -0.2) is 39.1 Å². The van der Waals surface area contributed by atoms with E-state index < -0.39 is 28.0 Å². The van der Waals surface area contributed by atoms with Gasteiger partial charge in [-0.25, -0.2) is 12.7 Å². The highest BCUT2D eigenvalue weighted by molar-refractivity contribution is 7.89. The predicted octanol–water partition coefficient (Wildman–Crippen LogP) is 3.70. The van der Waals surface area contributed by atoms with Crippen molar-refractivity contribution in [3.8, 4) is 5.75 Å². The Kier molecular flexibility index (Phi) is 6.05. The summed E-state index contributed by atoms with van der Waals surface area (Å²) in [4.78, 5) is 12.5. The number of amides is 1. The highest BCUT2D eigenvalue weighted by Crippen LogP contribution is 2.27. The van der Waals surface area contributed by atoms with Crippen molar-refractivity contribution in [2.45, 2.75) is 25.1 Å². The molecule has 0 unspecified atom stereocenters. The Labute approximate surface area is 161 Å². The first kappa shape index (κ1) is 21.7. The van der Waals surface area contributed by atoms with Gasteiger partial charge in [0.25, 0.3) is 5.91 Å². The summed E-state index contributed by atoms with van der Waals surface area (Å²) >= 11 is 0. The molecule has 2 rings (SSSR count). The Bertz CT molecular complexity index is 1000. The molecule has 0 atom stereocenters. The zero-order valence-corrected chi connectivity index (χ0v) is 16.4. The van der Waals surface area contributed by atoms with Crippen LogP contribution in [0.4, 0.5) is 18.9 Å². The molecule has 2 aromatic carbocycles. The molecule has 6 nitrogen and oxygen atoms in total. The first-order valence-electron chi connectivity index (χ1n) is 8.02. The molecule has 0 spiro atoms. The van der Waals surface area contributed by atoms with Crippen LogP contribution in [0.5, 0.6) is 5.75 Å². The van der Waals surface area contributed by atoms with E-state index in [2.05, 4.69) is 10.1 Å². The van der Waals surface area contributed by atoms with Gasteiger partial charge in [-0.1, -0.05) is 6.07 Å². The zero-order valence-electron chi connectivity index (χ0n) is 15.6. The van der Waals surface area contributed by atoms with Crippen molar-refractivity contribution < 1.29 is 31.1 Å². The van der Waals surface area contributed by atoms with Crippen LogP contribution < -0.4 is 10.1 Å². The van der Waals surface area contributed by atoms with E-state index in [9.17, 15) is 26.4 Å². The fourth-order valence-corrected chi connectivity index (χ4v) is 3.61. The zero-order chi connectivity index (χ0) is 21.3. The van der Waals surface area contributed by atoms with E-state index in [0.29, 0.717) is 11.1 Å². The summed E-state index contributed by atoms with van der Waals surface area (Å²) in [6, 6.07) is 7.54. The summed E-state index contributed by atoms with van der Waals surface area (Å²) in [5.74, 6) is -1.15. The minimum absolute atomic E-state index is 0.0168. The van der Waals surface area contributed by atoms with E-state index in [1.54, 1.807) is 13.8 Å². The van der Waals surface area contributed by atoms with Crippen LogP contribution >= 0.6 is 0 Å². The molecular formula is C18H19F3N2O4S. The number of benzene rings is 2. The number of hydrogen-bond acceptors (Lipinski definition) is 4. The van der Waals surface area contributed by atoms with E-state index >= 15 is 0 Å². The molecule has 0 aromatic heterocycles. The average molecular weight is 416 g/mol. The molecule has 0 radical (unpaired) electrons. The predicted molar refractivity (Wildman–Crippen MR) is 97.9 cm³/mol. The first-order valence-corrected chi connectivity index (χ1v) is 9.46. The standard InChI is InChI=1S/C18H19F3N2O4S/c1-11-8-13(9-16(12(11)2)28(25,26)23(3)4)17(24)22-14-6-5-7-15(10-14)27-18(19,20)21/h5-10H,1-4H3,(H,22,24). The molecule has 0 fully saturated rings. The van der Waals surface area contributed by atoms with Crippen LogP contribution in [0.2, 0.25) is 0 Å². The normalized spacial score (nSPS) is 12.1. The summed E-state index contributed by atoms with van der Waals surface area (Å²) in [6.45, 7) is 3.30. The van der Waals surface area contributed by atoms with E-state index in [1.165, 1.54) is 38.4 Å². The van der Waals surface area contributed by atoms with Crippen molar-refractivity contribution in [2.75, 3.05) is 19.4 Å². The number of halogens is 3. The molecule has 0 bridgehead atoms. The molecule has 152 valence electrons. The van der Waals surface area contributed by atoms with Crippen molar-refractivity contribution in [1.82, 2.24) is 4.31 Å². The van der Waals surface area contributed by atoms with Crippen LogP contribution in [0.3, 0.4) is 0 Å². The molecule has 0 aliphatic carbocycles. The Morgan fingerprint density at radius 1 is 1.11 bits per heavy atom. The SMILES string of the molecule is Cc1cc(C(=O)Nc2cccc(OC(F)(F)F)c2)cc(S(=O)(=O)N(C)C)c1C. The number of ether oxygens (including phenoxy) is 1. The van der Waals surface area contributed by atoms with E-state index in [4.69, 9.17) is 0 Å². The van der Waals surface area contributed by atoms with Gasteiger partial charge in [-0.3, -0.25) is 4.79 Å². The fraction of sp³-hybridized carbons (Fsp3) is 0.278. The molecule has 0 saturated carbocycles. The number of carbonyl (C=O) groups excluding carboxylic acids is 1. The van der Waals surface area contributed by atoms with Gasteiger partial charge in [-0.15, -0.1) is 13.2 Å². The van der Waals surface area contributed by atoms with E-state index in [-0.39, 0.29) is 16.1 Å². The second kappa shape index (κ2) is 7.80. The van der Waals surface area contributed by atoms with Crippen LogP contribution in [-0.2, 0) is 10.0 Å². The molecule has 0 heterocycles. The number of nitrogens with zero attached hydrogens (tertiary/aromatic N) is 1. The molecule has 1 N–H and O–H groups in total. The quantitative estimate of drug-likeness (QED) is 0.806. The maximum atomic E-state index is 12.5. The number of anilines is 1. The summed E-state index contributed by atoms with van der Waals surface area (Å²) in [5.41, 5.74) is 1.22. The third-order valence-electron chi connectivity index (χ3n) is 3.97. The van der Waals surface area contributed by atoms with Crippen LogP contribution in [0.25, 0.3) is 0 Å². The minimum atomic E-state index is -4.86. The van der Waals surface area contributed by atoms with Crippen molar-refractivity contribution in [1.29, 1.82) is 0 Å². The van der Waals surface area contributed by atoms with Crippen LogP contribution in [0, 0.1) is 13.8 Å². The van der Waals surface area contributed by atoms with Crippen molar-refractivity contribution in [2.24, 2.45) is 0 Å². The molecule has 10 heteroatoms. The topological polar surface area (TPSA) is 75.7 Å². The Morgan fingerprint density at radius 2 is 1.75 bits per heavy atom. The number of carbonyl (C=O) groups is 1. The lowest BCUT2D eigenvalue weighted by atomic mass is 10.1. The lowest BCUT2D eigenvalue weighted by molar-refractivity contribution is -0.274. The molecule has 2 aromatic rings. The van der Waals surface area contributed by atoms with E-state index in [1.807, 2.05) is 0 Å². The molecule has 0 aliphatic heterocycles. The molecule has 0 saturated heterocycles. The minimum Gasteiger partial charge on any atom is -0.406 e. The van der Waals surface area contributed by atoms with Crippen LogP contribution in [0.1, 0.15) is 21.5 Å². The number of hydrogen-bond donors (Lipinski definition) is 1. The number of aryl methyl sites for hydroxylation is 1. The maximum absolute atomic E-state index is 12.5. The molecule has 28 heavy (non-hydrogen) atoms. The highest BCUT2D eigenvalue weighted by atomic mass is 32.2. The Hall–Kier alpha value is -2.59. The van der Waals surface area contributed by atoms with Gasteiger partial charge in [0.15, 0.2) is 0 Å².